The molecule has 1 N–H and O–H groups in total. The van der Waals surface area contributed by atoms with Gasteiger partial charge in [0.15, 0.2) is 0 Å². The van der Waals surface area contributed by atoms with Gasteiger partial charge in [-0.05, 0) is 29.3 Å². The van der Waals surface area contributed by atoms with Crippen molar-refractivity contribution in [2.24, 2.45) is 0 Å². The maximum Gasteiger partial charge on any atom is 0.242 e. The SMILES string of the molecule is CNC(=O)[C@@H](Cc1ccccc1)N(Cc1ccccc1F)C(=O)CSCc1ccc(Cl)cc1Cl. The number of likely N-dealkylation sites (N-methyl/N-ethyl adjacent to an activating group) is 1. The number of carbonyl (C=O) groups excluding carboxylic acids is 2. The molecule has 0 radical (unpaired) electrons. The molecule has 3 aromatic carbocycles. The molecule has 0 bridgehead atoms. The molecule has 0 aliphatic rings. The van der Waals surface area contributed by atoms with Crippen LogP contribution in [0.25, 0.3) is 0 Å². The standard InChI is InChI=1S/C26H25Cl2FN2O2S/c1-30-26(33)24(13-18-7-3-2-4-8-18)31(15-19-9-5-6-10-23(19)29)25(32)17-34-16-20-11-12-21(27)14-22(20)28/h2-12,14,24H,13,15-17H2,1H3,(H,30,33)/t24-/m1/s1. The van der Waals surface area contributed by atoms with Crippen molar-refractivity contribution in [3.63, 3.8) is 0 Å². The van der Waals surface area contributed by atoms with E-state index in [0.717, 1.165) is 11.1 Å². The quantitative estimate of drug-likeness (QED) is 0.371. The minimum atomic E-state index is -0.792. The van der Waals surface area contributed by atoms with Crippen LogP contribution in [-0.4, -0.2) is 35.6 Å². The van der Waals surface area contributed by atoms with Crippen LogP contribution in [0.3, 0.4) is 0 Å². The first-order chi connectivity index (χ1) is 16.4. The molecule has 3 rings (SSSR count). The Morgan fingerprint density at radius 1 is 1.00 bits per heavy atom. The predicted octanol–water partition coefficient (Wildman–Crippen LogP) is 5.75. The number of amides is 2. The summed E-state index contributed by atoms with van der Waals surface area (Å²) < 4.78 is 14.5. The topological polar surface area (TPSA) is 49.4 Å². The van der Waals surface area contributed by atoms with E-state index in [1.54, 1.807) is 30.3 Å². The molecule has 34 heavy (non-hydrogen) atoms. The van der Waals surface area contributed by atoms with Crippen LogP contribution in [0.15, 0.2) is 72.8 Å². The number of rotatable bonds is 10. The highest BCUT2D eigenvalue weighted by Crippen LogP contribution is 2.25. The zero-order chi connectivity index (χ0) is 24.5. The van der Waals surface area contributed by atoms with Crippen molar-refractivity contribution in [3.05, 3.63) is 105 Å². The Morgan fingerprint density at radius 3 is 2.38 bits per heavy atom. The van der Waals surface area contributed by atoms with Gasteiger partial charge < -0.3 is 10.2 Å². The van der Waals surface area contributed by atoms with Crippen molar-refractivity contribution in [1.29, 1.82) is 0 Å². The number of nitrogens with zero attached hydrogens (tertiary/aromatic N) is 1. The normalized spacial score (nSPS) is 11.6. The second-order valence-corrected chi connectivity index (χ2v) is 9.49. The largest absolute Gasteiger partial charge is 0.357 e. The van der Waals surface area contributed by atoms with E-state index in [1.165, 1.54) is 29.8 Å². The van der Waals surface area contributed by atoms with E-state index in [1.807, 2.05) is 36.4 Å². The summed E-state index contributed by atoms with van der Waals surface area (Å²) in [6.07, 6.45) is 0.314. The third kappa shape index (κ3) is 7.23. The number of thioether (sulfide) groups is 1. The van der Waals surface area contributed by atoms with Gasteiger partial charge in [0.25, 0.3) is 0 Å². The second-order valence-electron chi connectivity index (χ2n) is 7.66. The van der Waals surface area contributed by atoms with Gasteiger partial charge in [0.1, 0.15) is 11.9 Å². The van der Waals surface area contributed by atoms with E-state index in [4.69, 9.17) is 23.2 Å². The molecule has 0 aliphatic heterocycles. The van der Waals surface area contributed by atoms with Crippen molar-refractivity contribution in [2.45, 2.75) is 24.8 Å². The first-order valence-corrected chi connectivity index (χ1v) is 12.6. The molecular formula is C26H25Cl2FN2O2S. The van der Waals surface area contributed by atoms with Gasteiger partial charge in [-0.3, -0.25) is 9.59 Å². The monoisotopic (exact) mass is 518 g/mol. The Kier molecular flexibility index (Phi) is 9.81. The lowest BCUT2D eigenvalue weighted by Gasteiger charge is -2.31. The summed E-state index contributed by atoms with van der Waals surface area (Å²) in [7, 11) is 1.53. The van der Waals surface area contributed by atoms with Gasteiger partial charge in [0.2, 0.25) is 11.8 Å². The van der Waals surface area contributed by atoms with E-state index in [9.17, 15) is 14.0 Å². The molecule has 0 saturated heterocycles. The van der Waals surface area contributed by atoms with Crippen molar-refractivity contribution in [2.75, 3.05) is 12.8 Å². The summed E-state index contributed by atoms with van der Waals surface area (Å²) >= 11 is 13.6. The lowest BCUT2D eigenvalue weighted by atomic mass is 10.0. The first-order valence-electron chi connectivity index (χ1n) is 10.7. The van der Waals surface area contributed by atoms with E-state index >= 15 is 0 Å². The third-order valence-corrected chi connectivity index (χ3v) is 6.87. The fourth-order valence-electron chi connectivity index (χ4n) is 3.50. The van der Waals surface area contributed by atoms with Gasteiger partial charge in [0.05, 0.1) is 5.75 Å². The molecule has 0 spiro atoms. The fraction of sp³-hybridized carbons (Fsp3) is 0.231. The molecule has 0 heterocycles. The van der Waals surface area contributed by atoms with Crippen LogP contribution in [0.1, 0.15) is 16.7 Å². The van der Waals surface area contributed by atoms with Crippen LogP contribution in [-0.2, 0) is 28.3 Å². The van der Waals surface area contributed by atoms with Crippen LogP contribution < -0.4 is 5.32 Å². The van der Waals surface area contributed by atoms with Crippen LogP contribution in [0.5, 0.6) is 0 Å². The number of hydrogen-bond acceptors (Lipinski definition) is 3. The minimum absolute atomic E-state index is 0.0152. The molecule has 8 heteroatoms. The van der Waals surface area contributed by atoms with Crippen LogP contribution >= 0.6 is 35.0 Å². The van der Waals surface area contributed by atoms with Crippen LogP contribution in [0, 0.1) is 5.82 Å². The van der Waals surface area contributed by atoms with E-state index in [0.29, 0.717) is 27.8 Å². The number of hydrogen-bond donors (Lipinski definition) is 1. The third-order valence-electron chi connectivity index (χ3n) is 5.31. The molecule has 3 aromatic rings. The molecule has 0 unspecified atom stereocenters. The Balaban J connectivity index is 1.82. The molecule has 0 aliphatic carbocycles. The predicted molar refractivity (Wildman–Crippen MR) is 138 cm³/mol. The molecule has 2 amide bonds. The van der Waals surface area contributed by atoms with Gasteiger partial charge in [-0.25, -0.2) is 4.39 Å². The summed E-state index contributed by atoms with van der Waals surface area (Å²) in [5.74, 6) is -0.382. The molecule has 0 aromatic heterocycles. The van der Waals surface area contributed by atoms with Crippen molar-refractivity contribution < 1.29 is 14.0 Å². The van der Waals surface area contributed by atoms with Gasteiger partial charge in [-0.15, -0.1) is 11.8 Å². The highest BCUT2D eigenvalue weighted by molar-refractivity contribution is 7.99. The molecule has 0 fully saturated rings. The lowest BCUT2D eigenvalue weighted by molar-refractivity contribution is -0.139. The maximum atomic E-state index is 14.5. The van der Waals surface area contributed by atoms with E-state index < -0.39 is 11.9 Å². The number of nitrogens with one attached hydrogen (secondary N) is 1. The fourth-order valence-corrected chi connectivity index (χ4v) is 4.97. The molecule has 178 valence electrons. The zero-order valence-corrected chi connectivity index (χ0v) is 21.0. The average Bonchev–Trinajstić information content (AvgIpc) is 2.83. The molecular weight excluding hydrogens is 494 g/mol. The summed E-state index contributed by atoms with van der Waals surface area (Å²) in [6, 6.07) is 20.2. The smallest absolute Gasteiger partial charge is 0.242 e. The summed E-state index contributed by atoms with van der Waals surface area (Å²) in [5.41, 5.74) is 2.11. The Bertz CT molecular complexity index is 1130. The van der Waals surface area contributed by atoms with Gasteiger partial charge >= 0.3 is 0 Å². The maximum absolute atomic E-state index is 14.5. The summed E-state index contributed by atoms with van der Waals surface area (Å²) in [5, 5.41) is 3.72. The minimum Gasteiger partial charge on any atom is -0.357 e. The molecule has 4 nitrogen and oxygen atoms in total. The van der Waals surface area contributed by atoms with Crippen molar-refractivity contribution in [3.8, 4) is 0 Å². The summed E-state index contributed by atoms with van der Waals surface area (Å²) in [6.45, 7) is -0.0152. The van der Waals surface area contributed by atoms with Gasteiger partial charge in [0, 0.05) is 41.4 Å². The van der Waals surface area contributed by atoms with E-state index in [-0.39, 0.29) is 24.1 Å². The molecule has 0 saturated carbocycles. The van der Waals surface area contributed by atoms with Crippen LogP contribution in [0.2, 0.25) is 10.0 Å². The Morgan fingerprint density at radius 2 is 1.71 bits per heavy atom. The Labute approximate surface area is 213 Å². The summed E-state index contributed by atoms with van der Waals surface area (Å²) in [4.78, 5) is 27.7. The average molecular weight is 519 g/mol. The van der Waals surface area contributed by atoms with Crippen LogP contribution in [0.4, 0.5) is 4.39 Å². The number of halogens is 3. The van der Waals surface area contributed by atoms with E-state index in [2.05, 4.69) is 5.32 Å². The second kappa shape index (κ2) is 12.8. The van der Waals surface area contributed by atoms with Crippen molar-refractivity contribution >= 4 is 46.8 Å². The number of carbonyl (C=O) groups is 2. The Hall–Kier alpha value is -2.54. The number of benzene rings is 3. The van der Waals surface area contributed by atoms with Gasteiger partial charge in [-0.2, -0.15) is 0 Å². The zero-order valence-electron chi connectivity index (χ0n) is 18.6. The highest BCUT2D eigenvalue weighted by Gasteiger charge is 2.30. The highest BCUT2D eigenvalue weighted by atomic mass is 35.5. The lowest BCUT2D eigenvalue weighted by Crippen LogP contribution is -2.50. The van der Waals surface area contributed by atoms with Crippen molar-refractivity contribution in [1.82, 2.24) is 10.2 Å². The first kappa shape index (κ1) is 26.1. The van der Waals surface area contributed by atoms with Gasteiger partial charge in [-0.1, -0.05) is 77.8 Å². The molecule has 1 atom stereocenters.